The molecule has 0 bridgehead atoms. The number of hydrogen-bond acceptors (Lipinski definition) is 11. The molecule has 1 aromatic carbocycles. The van der Waals surface area contributed by atoms with Gasteiger partial charge in [0, 0.05) is 18.6 Å². The van der Waals surface area contributed by atoms with E-state index in [1.807, 2.05) is 5.43 Å². The van der Waals surface area contributed by atoms with E-state index >= 15 is 0 Å². The molecular formula is C31H43N5O13. The number of esters is 1. The molecule has 18 nitrogen and oxygen atoms in total. The Morgan fingerprint density at radius 2 is 1.45 bits per heavy atom. The molecule has 49 heavy (non-hydrogen) atoms. The molecule has 7 N–H and O–H groups in total. The highest BCUT2D eigenvalue weighted by atomic mass is 16.5. The van der Waals surface area contributed by atoms with Crippen molar-refractivity contribution in [2.24, 2.45) is 5.92 Å². The number of rotatable bonds is 19. The predicted molar refractivity (Wildman–Crippen MR) is 169 cm³/mol. The zero-order valence-corrected chi connectivity index (χ0v) is 27.5. The molecule has 0 aromatic heterocycles. The average molecular weight is 694 g/mol. The number of carboxylic acids is 2. The van der Waals surface area contributed by atoms with Gasteiger partial charge in [0.25, 0.3) is 11.8 Å². The molecule has 0 heterocycles. The zero-order valence-electron chi connectivity index (χ0n) is 27.5. The van der Waals surface area contributed by atoms with Crippen LogP contribution >= 0.6 is 0 Å². The van der Waals surface area contributed by atoms with E-state index in [2.05, 4.69) is 20.7 Å². The number of ether oxygens (including phenoxy) is 2. The average Bonchev–Trinajstić information content (AvgIpc) is 3.02. The molecule has 0 saturated carbocycles. The summed E-state index contributed by atoms with van der Waals surface area (Å²) >= 11 is 0. The molecule has 0 aliphatic rings. The molecule has 1 rings (SSSR count). The Balaban J connectivity index is 3.13. The summed E-state index contributed by atoms with van der Waals surface area (Å²) in [5.41, 5.74) is 2.64. The molecule has 4 atom stereocenters. The predicted octanol–water partition coefficient (Wildman–Crippen LogP) is -0.394. The van der Waals surface area contributed by atoms with E-state index in [0.717, 1.165) is 6.92 Å². The monoisotopic (exact) mass is 693 g/mol. The van der Waals surface area contributed by atoms with Crippen LogP contribution in [0.1, 0.15) is 52.5 Å². The number of amides is 5. The lowest BCUT2D eigenvalue weighted by atomic mass is 10.0. The summed E-state index contributed by atoms with van der Waals surface area (Å²) in [4.78, 5) is 98.9. The second-order valence-corrected chi connectivity index (χ2v) is 11.0. The van der Waals surface area contributed by atoms with Crippen LogP contribution in [0.15, 0.2) is 42.5 Å². The van der Waals surface area contributed by atoms with Crippen LogP contribution in [0, 0.1) is 5.92 Å². The maximum absolute atomic E-state index is 13.3. The Morgan fingerprint density at radius 1 is 0.816 bits per heavy atom. The van der Waals surface area contributed by atoms with Crippen LogP contribution in [0.4, 0.5) is 4.79 Å². The summed E-state index contributed by atoms with van der Waals surface area (Å²) in [6.45, 7) is 4.94. The summed E-state index contributed by atoms with van der Waals surface area (Å²) in [5.74, 6) is -8.38. The van der Waals surface area contributed by atoms with Crippen molar-refractivity contribution in [3.63, 3.8) is 0 Å². The van der Waals surface area contributed by atoms with Crippen molar-refractivity contribution >= 4 is 47.6 Å². The molecule has 270 valence electrons. The molecule has 0 aliphatic carbocycles. The smallest absolute Gasteiger partial charge is 0.408 e. The lowest BCUT2D eigenvalue weighted by Gasteiger charge is -2.28. The number of hydrazine groups is 1. The number of nitrogens with one attached hydrogen (secondary N) is 4. The fourth-order valence-corrected chi connectivity index (χ4v) is 4.01. The first kappa shape index (κ1) is 41.5. The third-order valence-electron chi connectivity index (χ3n) is 6.32. The summed E-state index contributed by atoms with van der Waals surface area (Å²) < 4.78 is 9.82. The van der Waals surface area contributed by atoms with Crippen molar-refractivity contribution in [2.45, 2.75) is 77.8 Å². The highest BCUT2D eigenvalue weighted by molar-refractivity contribution is 5.98. The Kier molecular flexibility index (Phi) is 18.1. The van der Waals surface area contributed by atoms with Gasteiger partial charge in [0.15, 0.2) is 0 Å². The lowest BCUT2D eigenvalue weighted by molar-refractivity contribution is -0.149. The Morgan fingerprint density at radius 3 is 2.00 bits per heavy atom. The lowest BCUT2D eigenvalue weighted by Crippen LogP contribution is -2.61. The van der Waals surface area contributed by atoms with Gasteiger partial charge in [0.1, 0.15) is 31.3 Å². The molecule has 0 saturated heterocycles. The van der Waals surface area contributed by atoms with Gasteiger partial charge in [-0.2, -0.15) is 0 Å². The van der Waals surface area contributed by atoms with E-state index in [1.165, 1.54) is 6.92 Å². The molecule has 4 unspecified atom stereocenters. The number of carboxylic acid groups (broad SMARTS) is 2. The molecule has 5 amide bonds. The standard InChI is InChI=1S/C31H43N5O13/c1-5-48-26(43)14-12-23(38)36(16-25(41)42)35-30(46)27(19(4)37)34-28(44)21(11-13-24(39)40)32-29(45)22(15-18(2)3)33-31(47)49-17-20-9-7-6-8-10-20/h6-10,12,14,18-19,21-22,27,37H,5,11,13,15-17H2,1-4H3,(H,32,45)(H,33,47)(H,34,44)(H,35,46)(H,39,40)(H,41,42). The summed E-state index contributed by atoms with van der Waals surface area (Å²) in [6.07, 6.45) is -2.26. The molecular weight excluding hydrogens is 650 g/mol. The Bertz CT molecular complexity index is 1350. The van der Waals surface area contributed by atoms with Crippen molar-refractivity contribution in [1.29, 1.82) is 0 Å². The van der Waals surface area contributed by atoms with E-state index in [-0.39, 0.29) is 25.6 Å². The number of aliphatic carboxylic acids is 2. The molecule has 0 spiro atoms. The highest BCUT2D eigenvalue weighted by Gasteiger charge is 2.33. The number of carbonyl (C=O) groups excluding carboxylic acids is 6. The number of alkyl carbamates (subject to hydrolysis) is 1. The first-order valence-electron chi connectivity index (χ1n) is 15.2. The van der Waals surface area contributed by atoms with Crippen LogP contribution in [-0.4, -0.2) is 105 Å². The topological polar surface area (TPSA) is 267 Å². The Hall–Kier alpha value is -5.52. The van der Waals surface area contributed by atoms with Crippen LogP contribution in [0.3, 0.4) is 0 Å². The van der Waals surface area contributed by atoms with Crippen molar-refractivity contribution in [3.8, 4) is 0 Å². The minimum absolute atomic E-state index is 0.00713. The van der Waals surface area contributed by atoms with Crippen LogP contribution < -0.4 is 21.4 Å². The largest absolute Gasteiger partial charge is 0.481 e. The number of hydrogen-bond donors (Lipinski definition) is 7. The maximum Gasteiger partial charge on any atom is 0.408 e. The van der Waals surface area contributed by atoms with Gasteiger partial charge >= 0.3 is 24.0 Å². The zero-order chi connectivity index (χ0) is 37.1. The van der Waals surface area contributed by atoms with Gasteiger partial charge in [-0.05, 0) is 38.2 Å². The van der Waals surface area contributed by atoms with Crippen molar-refractivity contribution in [2.75, 3.05) is 13.2 Å². The number of aliphatic hydroxyl groups is 1. The van der Waals surface area contributed by atoms with Gasteiger partial charge in [-0.3, -0.25) is 34.2 Å². The number of benzene rings is 1. The molecule has 18 heteroatoms. The Labute approximate surface area is 282 Å². The van der Waals surface area contributed by atoms with Crippen molar-refractivity contribution in [1.82, 2.24) is 26.4 Å². The van der Waals surface area contributed by atoms with Crippen molar-refractivity contribution in [3.05, 3.63) is 48.0 Å². The van der Waals surface area contributed by atoms with E-state index in [4.69, 9.17) is 4.74 Å². The van der Waals surface area contributed by atoms with Gasteiger partial charge < -0.3 is 40.7 Å². The van der Waals surface area contributed by atoms with Crippen molar-refractivity contribution < 1.29 is 63.1 Å². The minimum atomic E-state index is -1.85. The minimum Gasteiger partial charge on any atom is -0.481 e. The third kappa shape index (κ3) is 16.7. The molecule has 0 aliphatic heterocycles. The molecule has 1 aromatic rings. The van der Waals surface area contributed by atoms with E-state index in [1.54, 1.807) is 44.2 Å². The second kappa shape index (κ2) is 21.4. The molecule has 0 fully saturated rings. The summed E-state index contributed by atoms with van der Waals surface area (Å²) in [7, 11) is 0. The summed E-state index contributed by atoms with van der Waals surface area (Å²) in [6, 6.07) is 4.05. The van der Waals surface area contributed by atoms with Crippen LogP contribution in [0.2, 0.25) is 0 Å². The molecule has 0 radical (unpaired) electrons. The van der Waals surface area contributed by atoms with E-state index in [9.17, 15) is 53.7 Å². The fourth-order valence-electron chi connectivity index (χ4n) is 4.01. The highest BCUT2D eigenvalue weighted by Crippen LogP contribution is 2.09. The second-order valence-electron chi connectivity index (χ2n) is 11.0. The first-order chi connectivity index (χ1) is 23.0. The van der Waals surface area contributed by atoms with Gasteiger partial charge in [-0.25, -0.2) is 14.6 Å². The fraction of sp³-hybridized carbons (Fsp3) is 0.484. The third-order valence-corrected chi connectivity index (χ3v) is 6.32. The van der Waals surface area contributed by atoms with Crippen LogP contribution in [0.25, 0.3) is 0 Å². The maximum atomic E-state index is 13.3. The van der Waals surface area contributed by atoms with E-state index in [0.29, 0.717) is 22.7 Å². The normalized spacial score (nSPS) is 13.3. The quantitative estimate of drug-likeness (QED) is 0.0553. The van der Waals surface area contributed by atoms with Gasteiger partial charge in [0.2, 0.25) is 11.8 Å². The van der Waals surface area contributed by atoms with Crippen LogP contribution in [-0.2, 0) is 49.6 Å². The van der Waals surface area contributed by atoms with E-state index < -0.39 is 91.2 Å². The first-order valence-corrected chi connectivity index (χ1v) is 15.2. The van der Waals surface area contributed by atoms with Gasteiger partial charge in [0.05, 0.1) is 12.7 Å². The number of nitrogens with zero attached hydrogens (tertiary/aromatic N) is 1. The number of carbonyl (C=O) groups is 8. The number of aliphatic hydroxyl groups excluding tert-OH is 1. The SMILES string of the molecule is CCOC(=O)C=CC(=O)N(CC(=O)O)NC(=O)C(NC(=O)C(CCC(=O)O)NC(=O)C(CC(C)C)NC(=O)OCc1ccccc1)C(C)O. The van der Waals surface area contributed by atoms with Crippen LogP contribution in [0.5, 0.6) is 0 Å². The summed E-state index contributed by atoms with van der Waals surface area (Å²) in [5, 5.41) is 36.0. The van der Waals surface area contributed by atoms with Gasteiger partial charge in [-0.15, -0.1) is 0 Å². The van der Waals surface area contributed by atoms with Gasteiger partial charge in [-0.1, -0.05) is 44.2 Å².